The van der Waals surface area contributed by atoms with Crippen molar-refractivity contribution >= 4 is 5.97 Å². The van der Waals surface area contributed by atoms with Crippen LogP contribution in [0, 0.1) is 5.92 Å². The van der Waals surface area contributed by atoms with Crippen LogP contribution in [0.15, 0.2) is 12.8 Å². The molecular formula is C11H20O2. The van der Waals surface area contributed by atoms with Crippen LogP contribution in [0.3, 0.4) is 0 Å². The van der Waals surface area contributed by atoms with E-state index in [-0.39, 0.29) is 5.97 Å². The van der Waals surface area contributed by atoms with E-state index in [2.05, 4.69) is 25.2 Å². The van der Waals surface area contributed by atoms with Crippen LogP contribution in [-0.4, -0.2) is 5.97 Å². The lowest BCUT2D eigenvalue weighted by atomic mass is 9.99. The van der Waals surface area contributed by atoms with Crippen LogP contribution >= 0.6 is 0 Å². The Kier molecular flexibility index (Phi) is 7.36. The van der Waals surface area contributed by atoms with Gasteiger partial charge in [-0.15, -0.1) is 0 Å². The average molecular weight is 184 g/mol. The van der Waals surface area contributed by atoms with Crippen LogP contribution in [0.2, 0.25) is 0 Å². The van der Waals surface area contributed by atoms with Crippen molar-refractivity contribution in [3.05, 3.63) is 12.8 Å². The topological polar surface area (TPSA) is 26.3 Å². The second-order valence-electron chi connectivity index (χ2n) is 3.44. The minimum absolute atomic E-state index is 0.168. The molecular weight excluding hydrogens is 164 g/mol. The molecule has 0 saturated carbocycles. The van der Waals surface area contributed by atoms with Gasteiger partial charge >= 0.3 is 5.97 Å². The van der Waals surface area contributed by atoms with Gasteiger partial charge in [0.25, 0.3) is 0 Å². The third kappa shape index (κ3) is 7.57. The highest BCUT2D eigenvalue weighted by Crippen LogP contribution is 2.13. The molecule has 0 heterocycles. The molecule has 2 heteroatoms. The van der Waals surface area contributed by atoms with Gasteiger partial charge in [-0.3, -0.25) is 4.79 Å². The predicted molar refractivity (Wildman–Crippen MR) is 54.2 cm³/mol. The van der Waals surface area contributed by atoms with Gasteiger partial charge in [0.2, 0.25) is 0 Å². The van der Waals surface area contributed by atoms with Gasteiger partial charge in [0, 0.05) is 6.42 Å². The first-order chi connectivity index (χ1) is 6.20. The summed E-state index contributed by atoms with van der Waals surface area (Å²) >= 11 is 0. The molecule has 0 aliphatic carbocycles. The summed E-state index contributed by atoms with van der Waals surface area (Å²) in [5.74, 6) is 0.454. The van der Waals surface area contributed by atoms with Crippen LogP contribution in [0.5, 0.6) is 0 Å². The van der Waals surface area contributed by atoms with E-state index in [1.54, 1.807) is 0 Å². The molecule has 0 N–H and O–H groups in total. The van der Waals surface area contributed by atoms with E-state index in [0.29, 0.717) is 12.3 Å². The third-order valence-electron chi connectivity index (χ3n) is 2.11. The lowest BCUT2D eigenvalue weighted by Crippen LogP contribution is -2.03. The summed E-state index contributed by atoms with van der Waals surface area (Å²) in [5, 5.41) is 0. The molecule has 0 aliphatic heterocycles. The van der Waals surface area contributed by atoms with E-state index in [0.717, 1.165) is 6.42 Å². The maximum absolute atomic E-state index is 10.9. The zero-order chi connectivity index (χ0) is 10.1. The van der Waals surface area contributed by atoms with Crippen LogP contribution in [-0.2, 0) is 9.53 Å². The molecule has 2 nitrogen and oxygen atoms in total. The second kappa shape index (κ2) is 7.84. The fourth-order valence-electron chi connectivity index (χ4n) is 1.21. The number of hydrogen-bond acceptors (Lipinski definition) is 2. The Bertz CT molecular complexity index is 152. The number of rotatable bonds is 7. The first-order valence-electron chi connectivity index (χ1n) is 5.01. The molecule has 0 fully saturated rings. The molecule has 76 valence electrons. The van der Waals surface area contributed by atoms with Crippen molar-refractivity contribution in [3.8, 4) is 0 Å². The molecule has 0 spiro atoms. The highest BCUT2D eigenvalue weighted by molar-refractivity contribution is 5.69. The summed E-state index contributed by atoms with van der Waals surface area (Å²) in [6, 6.07) is 0. The quantitative estimate of drug-likeness (QED) is 0.448. The Morgan fingerprint density at radius 2 is 2.23 bits per heavy atom. The van der Waals surface area contributed by atoms with E-state index in [1.807, 2.05) is 0 Å². The van der Waals surface area contributed by atoms with Crippen molar-refractivity contribution < 1.29 is 9.53 Å². The van der Waals surface area contributed by atoms with Gasteiger partial charge in [0.05, 0.1) is 6.26 Å². The first kappa shape index (κ1) is 12.2. The molecule has 0 aromatic carbocycles. The second-order valence-corrected chi connectivity index (χ2v) is 3.44. The van der Waals surface area contributed by atoms with Gasteiger partial charge in [-0.2, -0.15) is 0 Å². The maximum atomic E-state index is 10.9. The van der Waals surface area contributed by atoms with Gasteiger partial charge in [-0.25, -0.2) is 0 Å². The fourth-order valence-corrected chi connectivity index (χ4v) is 1.21. The largest absolute Gasteiger partial charge is 0.435 e. The van der Waals surface area contributed by atoms with E-state index >= 15 is 0 Å². The molecule has 1 atom stereocenters. The third-order valence-corrected chi connectivity index (χ3v) is 2.11. The van der Waals surface area contributed by atoms with Gasteiger partial charge in [0.1, 0.15) is 0 Å². The van der Waals surface area contributed by atoms with Crippen molar-refractivity contribution in [3.63, 3.8) is 0 Å². The SMILES string of the molecule is C=COC(=O)CCC(C)CCCC. The highest BCUT2D eigenvalue weighted by Gasteiger charge is 2.06. The molecule has 0 saturated heterocycles. The minimum Gasteiger partial charge on any atom is -0.435 e. The summed E-state index contributed by atoms with van der Waals surface area (Å²) in [7, 11) is 0. The molecule has 0 aliphatic rings. The monoisotopic (exact) mass is 184 g/mol. The van der Waals surface area contributed by atoms with Crippen LogP contribution in [0.1, 0.15) is 46.0 Å². The number of esters is 1. The number of carbonyl (C=O) groups is 1. The standard InChI is InChI=1S/C11H20O2/c1-4-6-7-10(3)8-9-11(12)13-5-2/h5,10H,2,4,6-9H2,1,3H3. The molecule has 0 radical (unpaired) electrons. The van der Waals surface area contributed by atoms with Gasteiger partial charge in [-0.05, 0) is 12.3 Å². The van der Waals surface area contributed by atoms with Gasteiger partial charge < -0.3 is 4.74 Å². The molecule has 0 rings (SSSR count). The number of ether oxygens (including phenoxy) is 1. The zero-order valence-electron chi connectivity index (χ0n) is 8.71. The first-order valence-corrected chi connectivity index (χ1v) is 5.01. The Balaban J connectivity index is 3.39. The summed E-state index contributed by atoms with van der Waals surface area (Å²) in [4.78, 5) is 10.9. The molecule has 0 aromatic rings. The smallest absolute Gasteiger partial charge is 0.310 e. The van der Waals surface area contributed by atoms with Crippen molar-refractivity contribution in [2.75, 3.05) is 0 Å². The van der Waals surface area contributed by atoms with Crippen molar-refractivity contribution in [1.29, 1.82) is 0 Å². The molecule has 1 unspecified atom stereocenters. The zero-order valence-corrected chi connectivity index (χ0v) is 8.71. The molecule has 0 aromatic heterocycles. The summed E-state index contributed by atoms with van der Waals surface area (Å²) < 4.78 is 4.62. The predicted octanol–water partition coefficient (Wildman–Crippen LogP) is 3.28. The van der Waals surface area contributed by atoms with Crippen LogP contribution in [0.25, 0.3) is 0 Å². The lowest BCUT2D eigenvalue weighted by Gasteiger charge is -2.08. The van der Waals surface area contributed by atoms with Gasteiger partial charge in [0.15, 0.2) is 0 Å². The van der Waals surface area contributed by atoms with Crippen molar-refractivity contribution in [2.45, 2.75) is 46.0 Å². The Hall–Kier alpha value is -0.790. The van der Waals surface area contributed by atoms with Crippen molar-refractivity contribution in [2.24, 2.45) is 5.92 Å². The molecule has 13 heavy (non-hydrogen) atoms. The van der Waals surface area contributed by atoms with E-state index in [4.69, 9.17) is 0 Å². The number of hydrogen-bond donors (Lipinski definition) is 0. The fraction of sp³-hybridized carbons (Fsp3) is 0.727. The average Bonchev–Trinajstić information content (AvgIpc) is 2.12. The van der Waals surface area contributed by atoms with Gasteiger partial charge in [-0.1, -0.05) is 39.7 Å². The summed E-state index contributed by atoms with van der Waals surface area (Å²) in [5.41, 5.74) is 0. The van der Waals surface area contributed by atoms with Crippen LogP contribution < -0.4 is 0 Å². The number of carbonyl (C=O) groups excluding carboxylic acids is 1. The molecule has 0 bridgehead atoms. The maximum Gasteiger partial charge on any atom is 0.310 e. The van der Waals surface area contributed by atoms with E-state index < -0.39 is 0 Å². The minimum atomic E-state index is -0.168. The Labute approximate surface area is 81.0 Å². The van der Waals surface area contributed by atoms with E-state index in [9.17, 15) is 4.79 Å². The highest BCUT2D eigenvalue weighted by atomic mass is 16.5. The Morgan fingerprint density at radius 1 is 1.54 bits per heavy atom. The summed E-state index contributed by atoms with van der Waals surface area (Å²) in [6.45, 7) is 7.69. The summed E-state index contributed by atoms with van der Waals surface area (Å²) in [6.07, 6.45) is 6.31. The lowest BCUT2D eigenvalue weighted by molar-refractivity contribution is -0.138. The van der Waals surface area contributed by atoms with Crippen LogP contribution in [0.4, 0.5) is 0 Å². The normalized spacial score (nSPS) is 12.2. The van der Waals surface area contributed by atoms with Crippen molar-refractivity contribution in [1.82, 2.24) is 0 Å². The van der Waals surface area contributed by atoms with E-state index in [1.165, 1.54) is 25.5 Å². The Morgan fingerprint density at radius 3 is 2.77 bits per heavy atom. The number of unbranched alkanes of at least 4 members (excludes halogenated alkanes) is 1. The molecule has 0 amide bonds.